The molecule has 2 aromatic carbocycles. The molecule has 182 valence electrons. The number of hydrogen-bond acceptors (Lipinski definition) is 3. The number of carbonyl (C=O) groups excluding carboxylic acids is 1. The lowest BCUT2D eigenvalue weighted by atomic mass is 9.70. The topological polar surface area (TPSA) is 57.4 Å². The van der Waals surface area contributed by atoms with Crippen LogP contribution in [-0.4, -0.2) is 41.5 Å². The van der Waals surface area contributed by atoms with E-state index in [9.17, 15) is 9.18 Å². The minimum atomic E-state index is -0.162. The van der Waals surface area contributed by atoms with E-state index in [1.807, 2.05) is 25.2 Å². The number of amides is 1. The average molecular weight is 474 g/mol. The summed E-state index contributed by atoms with van der Waals surface area (Å²) < 4.78 is 20.3. The molecule has 7 rings (SSSR count). The van der Waals surface area contributed by atoms with Crippen molar-refractivity contribution >= 4 is 16.8 Å². The fourth-order valence-electron chi connectivity index (χ4n) is 6.98. The maximum absolute atomic E-state index is 14.0. The third kappa shape index (κ3) is 3.48. The van der Waals surface area contributed by atoms with Crippen LogP contribution in [0.1, 0.15) is 58.4 Å². The molecule has 4 aliphatic rings. The summed E-state index contributed by atoms with van der Waals surface area (Å²) in [6, 6.07) is 9.69. The first-order chi connectivity index (χ1) is 17.0. The Morgan fingerprint density at radius 1 is 1.09 bits per heavy atom. The van der Waals surface area contributed by atoms with Gasteiger partial charge in [-0.15, -0.1) is 0 Å². The van der Waals surface area contributed by atoms with Gasteiger partial charge in [-0.25, -0.2) is 4.39 Å². The number of aromatic amines is 1. The van der Waals surface area contributed by atoms with Gasteiger partial charge in [0.2, 0.25) is 0 Å². The molecule has 3 unspecified atom stereocenters. The molecule has 2 aliphatic heterocycles. The molecular formula is C29H32FN3O2. The van der Waals surface area contributed by atoms with Crippen molar-refractivity contribution in [2.75, 3.05) is 13.7 Å². The van der Waals surface area contributed by atoms with Crippen molar-refractivity contribution in [3.63, 3.8) is 0 Å². The molecule has 3 heterocycles. The Bertz CT molecular complexity index is 1330. The van der Waals surface area contributed by atoms with Crippen molar-refractivity contribution in [2.45, 2.75) is 63.6 Å². The Labute approximate surface area is 205 Å². The molecule has 3 atom stereocenters. The zero-order valence-corrected chi connectivity index (χ0v) is 20.2. The first kappa shape index (κ1) is 21.4. The number of H-pyrrole nitrogens is 1. The van der Waals surface area contributed by atoms with Gasteiger partial charge in [-0.05, 0) is 91.8 Å². The number of hydrogen-bond donors (Lipinski definition) is 2. The second kappa shape index (κ2) is 8.09. The maximum Gasteiger partial charge on any atom is 0.254 e. The normalized spacial score (nSPS) is 24.5. The smallest absolute Gasteiger partial charge is 0.254 e. The van der Waals surface area contributed by atoms with Gasteiger partial charge < -0.3 is 19.9 Å². The van der Waals surface area contributed by atoms with Crippen LogP contribution in [0.3, 0.4) is 0 Å². The minimum absolute atomic E-state index is 0.110. The second-order valence-electron chi connectivity index (χ2n) is 11.1. The van der Waals surface area contributed by atoms with Crippen LogP contribution in [0.25, 0.3) is 10.9 Å². The number of rotatable bonds is 4. The fourth-order valence-corrected chi connectivity index (χ4v) is 6.98. The predicted octanol–water partition coefficient (Wildman–Crippen LogP) is 4.76. The highest BCUT2D eigenvalue weighted by Gasteiger charge is 2.39. The third-order valence-electron chi connectivity index (χ3n) is 9.03. The molecule has 1 aromatic heterocycles. The highest BCUT2D eigenvalue weighted by molar-refractivity contribution is 5.99. The molecule has 5 nitrogen and oxygen atoms in total. The van der Waals surface area contributed by atoms with Gasteiger partial charge >= 0.3 is 0 Å². The van der Waals surface area contributed by atoms with E-state index in [1.165, 1.54) is 36.1 Å². The maximum atomic E-state index is 14.0. The number of nitrogens with zero attached hydrogens (tertiary/aromatic N) is 1. The standard InChI is InChI=1S/C29H32FN3O2/c1-33-14-24-20(29(33)34)7-10-27-23(24)13-19(15-35-27)31-28(16-3-2-4-16)17-5-8-25-21(11-17)22-12-18(30)6-9-26(22)32-25/h6-7,9-10,12,16-17,19,28,31-32H,2-5,8,11,13-15H2,1H3. The summed E-state index contributed by atoms with van der Waals surface area (Å²) in [7, 11) is 1.87. The first-order valence-corrected chi connectivity index (χ1v) is 13.1. The van der Waals surface area contributed by atoms with Crippen molar-refractivity contribution in [2.24, 2.45) is 11.8 Å². The van der Waals surface area contributed by atoms with Crippen LogP contribution in [0.4, 0.5) is 4.39 Å². The Kier molecular flexibility index (Phi) is 4.95. The molecule has 35 heavy (non-hydrogen) atoms. The lowest BCUT2D eigenvalue weighted by Gasteiger charge is -2.43. The molecule has 0 radical (unpaired) electrons. The number of fused-ring (bicyclic) bond motifs is 6. The Hall–Kier alpha value is -2.86. The molecular weight excluding hydrogens is 441 g/mol. The van der Waals surface area contributed by atoms with Gasteiger partial charge in [-0.2, -0.15) is 0 Å². The molecule has 2 N–H and O–H groups in total. The van der Waals surface area contributed by atoms with E-state index in [2.05, 4.69) is 10.3 Å². The summed E-state index contributed by atoms with van der Waals surface area (Å²) >= 11 is 0. The number of ether oxygens (including phenoxy) is 1. The SMILES string of the molecule is CN1Cc2c(ccc3c2CC(NC(C2CCC2)C2CCc4[nH]c5ccc(F)cc5c4C2)CO3)C1=O. The van der Waals surface area contributed by atoms with Crippen LogP contribution in [0.5, 0.6) is 5.75 Å². The van der Waals surface area contributed by atoms with Crippen LogP contribution < -0.4 is 10.1 Å². The zero-order chi connectivity index (χ0) is 23.7. The monoisotopic (exact) mass is 473 g/mol. The first-order valence-electron chi connectivity index (χ1n) is 13.1. The number of nitrogens with one attached hydrogen (secondary N) is 2. The highest BCUT2D eigenvalue weighted by atomic mass is 19.1. The van der Waals surface area contributed by atoms with E-state index in [0.29, 0.717) is 31.0 Å². The molecule has 1 amide bonds. The summed E-state index contributed by atoms with van der Waals surface area (Å²) in [5, 5.41) is 5.11. The molecule has 1 fully saturated rings. The van der Waals surface area contributed by atoms with Crippen molar-refractivity contribution in [3.8, 4) is 5.75 Å². The number of carbonyl (C=O) groups is 1. The predicted molar refractivity (Wildman–Crippen MR) is 133 cm³/mol. The van der Waals surface area contributed by atoms with Gasteiger partial charge in [-0.3, -0.25) is 4.79 Å². The van der Waals surface area contributed by atoms with E-state index >= 15 is 0 Å². The summed E-state index contributed by atoms with van der Waals surface area (Å²) in [5.41, 5.74) is 6.83. The third-order valence-corrected chi connectivity index (χ3v) is 9.03. The minimum Gasteiger partial charge on any atom is -0.492 e. The average Bonchev–Trinajstić information content (AvgIpc) is 3.33. The van der Waals surface area contributed by atoms with E-state index in [-0.39, 0.29) is 17.8 Å². The van der Waals surface area contributed by atoms with Gasteiger partial charge in [-0.1, -0.05) is 6.42 Å². The van der Waals surface area contributed by atoms with Crippen molar-refractivity contribution in [1.82, 2.24) is 15.2 Å². The van der Waals surface area contributed by atoms with Crippen molar-refractivity contribution in [1.29, 1.82) is 0 Å². The Morgan fingerprint density at radius 2 is 1.97 bits per heavy atom. The van der Waals surface area contributed by atoms with Gasteiger partial charge in [0.1, 0.15) is 18.2 Å². The Morgan fingerprint density at radius 3 is 2.80 bits per heavy atom. The summed E-state index contributed by atoms with van der Waals surface area (Å²) in [6.45, 7) is 1.33. The molecule has 6 heteroatoms. The van der Waals surface area contributed by atoms with Crippen LogP contribution in [0, 0.1) is 17.7 Å². The van der Waals surface area contributed by atoms with Crippen molar-refractivity contribution in [3.05, 3.63) is 64.1 Å². The Balaban J connectivity index is 1.15. The van der Waals surface area contributed by atoms with E-state index in [4.69, 9.17) is 4.74 Å². The van der Waals surface area contributed by atoms with Crippen LogP contribution in [0.2, 0.25) is 0 Å². The van der Waals surface area contributed by atoms with Crippen LogP contribution >= 0.6 is 0 Å². The highest BCUT2D eigenvalue weighted by Crippen LogP contribution is 2.41. The second-order valence-corrected chi connectivity index (χ2v) is 11.1. The lowest BCUT2D eigenvalue weighted by molar-refractivity contribution is 0.0816. The van der Waals surface area contributed by atoms with Gasteiger partial charge in [0.25, 0.3) is 5.91 Å². The van der Waals surface area contributed by atoms with Gasteiger partial charge in [0.05, 0.1) is 0 Å². The number of aryl methyl sites for hydroxylation is 1. The summed E-state index contributed by atoms with van der Waals surface area (Å²) in [4.78, 5) is 17.9. The molecule has 0 spiro atoms. The van der Waals surface area contributed by atoms with Crippen molar-refractivity contribution < 1.29 is 13.9 Å². The molecule has 2 aliphatic carbocycles. The van der Waals surface area contributed by atoms with E-state index in [1.54, 1.807) is 17.0 Å². The summed E-state index contributed by atoms with van der Waals surface area (Å²) in [6.07, 6.45) is 7.93. The lowest BCUT2D eigenvalue weighted by Crippen LogP contribution is -2.53. The van der Waals surface area contributed by atoms with Gasteiger partial charge in [0.15, 0.2) is 0 Å². The number of halogens is 1. The van der Waals surface area contributed by atoms with E-state index in [0.717, 1.165) is 53.5 Å². The largest absolute Gasteiger partial charge is 0.492 e. The van der Waals surface area contributed by atoms with Crippen LogP contribution in [0.15, 0.2) is 30.3 Å². The van der Waals surface area contributed by atoms with Crippen LogP contribution in [-0.2, 0) is 25.8 Å². The number of benzene rings is 2. The van der Waals surface area contributed by atoms with Gasteiger partial charge in [0, 0.05) is 53.4 Å². The zero-order valence-electron chi connectivity index (χ0n) is 20.2. The molecule has 3 aromatic rings. The molecule has 0 bridgehead atoms. The fraction of sp³-hybridized carbons (Fsp3) is 0.483. The number of aromatic nitrogens is 1. The molecule has 0 saturated heterocycles. The molecule has 1 saturated carbocycles. The van der Waals surface area contributed by atoms with E-state index < -0.39 is 0 Å². The quantitative estimate of drug-likeness (QED) is 0.575. The summed E-state index contributed by atoms with van der Waals surface area (Å²) in [5.74, 6) is 2.11.